The van der Waals surface area contributed by atoms with Crippen molar-refractivity contribution in [3.05, 3.63) is 70.3 Å². The number of hydrogen-bond donors (Lipinski definition) is 1. The van der Waals surface area contributed by atoms with Crippen LogP contribution in [0.25, 0.3) is 5.69 Å². The van der Waals surface area contributed by atoms with Gasteiger partial charge in [-0.3, -0.25) is 9.78 Å². The second-order valence-electron chi connectivity index (χ2n) is 5.92. The zero-order valence-electron chi connectivity index (χ0n) is 14.7. The van der Waals surface area contributed by atoms with Gasteiger partial charge in [0.15, 0.2) is 5.69 Å². The van der Waals surface area contributed by atoms with Crippen LogP contribution in [0, 0.1) is 6.92 Å². The number of carbonyl (C=O) groups is 1. The Kier molecular flexibility index (Phi) is 5.64. The summed E-state index contributed by atoms with van der Waals surface area (Å²) >= 11 is 5.86. The molecule has 1 N–H and O–H groups in total. The van der Waals surface area contributed by atoms with Gasteiger partial charge in [-0.05, 0) is 25.1 Å². The van der Waals surface area contributed by atoms with Gasteiger partial charge in [-0.15, -0.1) is 5.10 Å². The Morgan fingerprint density at radius 3 is 2.57 bits per heavy atom. The van der Waals surface area contributed by atoms with Gasteiger partial charge in [0.05, 0.1) is 27.7 Å². The van der Waals surface area contributed by atoms with E-state index in [0.717, 1.165) is 12.3 Å². The Balaban J connectivity index is 1.63. The minimum atomic E-state index is -4.51. The summed E-state index contributed by atoms with van der Waals surface area (Å²) in [7, 11) is 0. The van der Waals surface area contributed by atoms with Crippen LogP contribution in [0.3, 0.4) is 0 Å². The summed E-state index contributed by atoms with van der Waals surface area (Å²) < 4.78 is 37.9. The van der Waals surface area contributed by atoms with Gasteiger partial charge in [0.25, 0.3) is 5.91 Å². The molecule has 2 heterocycles. The van der Waals surface area contributed by atoms with Gasteiger partial charge >= 0.3 is 6.18 Å². The minimum Gasteiger partial charge on any atom is -0.350 e. The van der Waals surface area contributed by atoms with Crippen LogP contribution < -0.4 is 5.32 Å². The van der Waals surface area contributed by atoms with Crippen molar-refractivity contribution in [3.8, 4) is 5.69 Å². The van der Waals surface area contributed by atoms with Crippen LogP contribution in [0.5, 0.6) is 0 Å². The van der Waals surface area contributed by atoms with Gasteiger partial charge in [0.1, 0.15) is 0 Å². The lowest BCUT2D eigenvalue weighted by molar-refractivity contribution is -0.137. The molecule has 2 aromatic heterocycles. The third-order valence-electron chi connectivity index (χ3n) is 3.88. The zero-order chi connectivity index (χ0) is 20.3. The highest BCUT2D eigenvalue weighted by Crippen LogP contribution is 2.31. The number of alkyl halides is 3. The largest absolute Gasteiger partial charge is 0.417 e. The molecule has 1 aromatic carbocycles. The number of nitrogens with one attached hydrogen (secondary N) is 1. The van der Waals surface area contributed by atoms with Crippen molar-refractivity contribution < 1.29 is 18.0 Å². The molecule has 0 aliphatic rings. The van der Waals surface area contributed by atoms with Crippen LogP contribution in [-0.2, 0) is 12.6 Å². The number of carbonyl (C=O) groups excluding carboxylic acids is 1. The summed E-state index contributed by atoms with van der Waals surface area (Å²) in [5.41, 5.74) is 0.672. The van der Waals surface area contributed by atoms with Crippen LogP contribution in [0.15, 0.2) is 42.6 Å². The molecule has 146 valence electrons. The number of amides is 1. The average molecular weight is 410 g/mol. The SMILES string of the molecule is Cc1nn(-c2ccccc2)nc1C(=O)NCCc1ncc(C(F)(F)F)cc1Cl. The van der Waals surface area contributed by atoms with E-state index in [1.54, 1.807) is 19.1 Å². The molecule has 28 heavy (non-hydrogen) atoms. The van der Waals surface area contributed by atoms with Crippen LogP contribution in [0.2, 0.25) is 5.02 Å². The molecule has 6 nitrogen and oxygen atoms in total. The monoisotopic (exact) mass is 409 g/mol. The molecule has 0 saturated heterocycles. The van der Waals surface area contributed by atoms with E-state index in [0.29, 0.717) is 11.4 Å². The zero-order valence-corrected chi connectivity index (χ0v) is 15.4. The molecule has 0 unspecified atom stereocenters. The van der Waals surface area contributed by atoms with Crippen molar-refractivity contribution in [2.24, 2.45) is 0 Å². The Morgan fingerprint density at radius 2 is 1.93 bits per heavy atom. The topological polar surface area (TPSA) is 72.7 Å². The molecule has 0 aliphatic heterocycles. The van der Waals surface area contributed by atoms with E-state index < -0.39 is 17.6 Å². The number of hydrogen-bond acceptors (Lipinski definition) is 4. The van der Waals surface area contributed by atoms with Gasteiger partial charge in [0, 0.05) is 19.2 Å². The third-order valence-corrected chi connectivity index (χ3v) is 4.20. The van der Waals surface area contributed by atoms with E-state index in [-0.39, 0.29) is 29.4 Å². The van der Waals surface area contributed by atoms with Gasteiger partial charge in [-0.1, -0.05) is 29.8 Å². The molecule has 10 heteroatoms. The molecule has 0 saturated carbocycles. The minimum absolute atomic E-state index is 0.102. The summed E-state index contributed by atoms with van der Waals surface area (Å²) in [5, 5.41) is 11.0. The fraction of sp³-hybridized carbons (Fsp3) is 0.222. The Bertz CT molecular complexity index is 989. The molecule has 0 spiro atoms. The molecule has 3 aromatic rings. The van der Waals surface area contributed by atoms with Crippen LogP contribution in [0.1, 0.15) is 27.4 Å². The summed E-state index contributed by atoms with van der Waals surface area (Å²) in [6, 6.07) is 9.94. The van der Waals surface area contributed by atoms with E-state index in [4.69, 9.17) is 11.6 Å². The third kappa shape index (κ3) is 4.48. The highest BCUT2D eigenvalue weighted by Gasteiger charge is 2.31. The predicted octanol–water partition coefficient (Wildman–Crippen LogP) is 3.62. The molecule has 0 radical (unpaired) electrons. The maximum absolute atomic E-state index is 12.6. The number of rotatable bonds is 5. The molecular weight excluding hydrogens is 395 g/mol. The Labute approximate surface area is 163 Å². The van der Waals surface area contributed by atoms with Crippen molar-refractivity contribution in [1.29, 1.82) is 0 Å². The maximum Gasteiger partial charge on any atom is 0.417 e. The number of pyridine rings is 1. The lowest BCUT2D eigenvalue weighted by Gasteiger charge is -2.09. The second kappa shape index (κ2) is 7.97. The summed E-state index contributed by atoms with van der Waals surface area (Å²) in [4.78, 5) is 17.4. The fourth-order valence-electron chi connectivity index (χ4n) is 2.45. The molecule has 0 aliphatic carbocycles. The van der Waals surface area contributed by atoms with Crippen molar-refractivity contribution in [2.75, 3.05) is 6.54 Å². The number of aromatic nitrogens is 4. The first-order chi connectivity index (χ1) is 13.3. The molecule has 0 bridgehead atoms. The summed E-state index contributed by atoms with van der Waals surface area (Å²) in [6.07, 6.45) is -3.61. The lowest BCUT2D eigenvalue weighted by atomic mass is 10.2. The van der Waals surface area contributed by atoms with E-state index >= 15 is 0 Å². The molecule has 0 atom stereocenters. The molecule has 3 rings (SSSR count). The summed E-state index contributed by atoms with van der Waals surface area (Å²) in [6.45, 7) is 1.80. The average Bonchev–Trinajstić information content (AvgIpc) is 3.04. The van der Waals surface area contributed by atoms with Gasteiger partial charge in [-0.2, -0.15) is 23.1 Å². The van der Waals surface area contributed by atoms with Crippen molar-refractivity contribution in [1.82, 2.24) is 25.3 Å². The van der Waals surface area contributed by atoms with Gasteiger partial charge in [-0.25, -0.2) is 0 Å². The predicted molar refractivity (Wildman–Crippen MR) is 96.4 cm³/mol. The number of benzene rings is 1. The van der Waals surface area contributed by atoms with Crippen molar-refractivity contribution in [3.63, 3.8) is 0 Å². The standard InChI is InChI=1S/C18H15ClF3N5O/c1-11-16(26-27(25-11)13-5-3-2-4-6-13)17(28)23-8-7-15-14(19)9-12(10-24-15)18(20,21)22/h2-6,9-10H,7-8H2,1H3,(H,23,28). The van der Waals surface area contributed by atoms with Gasteiger partial charge in [0.2, 0.25) is 0 Å². The first-order valence-corrected chi connectivity index (χ1v) is 8.62. The van der Waals surface area contributed by atoms with Crippen LogP contribution >= 0.6 is 11.6 Å². The Hall–Kier alpha value is -2.94. The van der Waals surface area contributed by atoms with Crippen LogP contribution in [-0.4, -0.2) is 32.4 Å². The van der Waals surface area contributed by atoms with Crippen molar-refractivity contribution in [2.45, 2.75) is 19.5 Å². The molecule has 1 amide bonds. The highest BCUT2D eigenvalue weighted by molar-refractivity contribution is 6.31. The Morgan fingerprint density at radius 1 is 1.21 bits per heavy atom. The van der Waals surface area contributed by atoms with E-state index in [1.807, 2.05) is 18.2 Å². The number of nitrogens with zero attached hydrogens (tertiary/aromatic N) is 4. The first kappa shape index (κ1) is 19.8. The second-order valence-corrected chi connectivity index (χ2v) is 6.32. The first-order valence-electron chi connectivity index (χ1n) is 8.25. The number of halogens is 4. The molecular formula is C18H15ClF3N5O. The van der Waals surface area contributed by atoms with Crippen LogP contribution in [0.4, 0.5) is 13.2 Å². The van der Waals surface area contributed by atoms with E-state index in [9.17, 15) is 18.0 Å². The smallest absolute Gasteiger partial charge is 0.350 e. The maximum atomic E-state index is 12.6. The highest BCUT2D eigenvalue weighted by atomic mass is 35.5. The normalized spacial score (nSPS) is 11.5. The lowest BCUT2D eigenvalue weighted by Crippen LogP contribution is -2.27. The number of para-hydroxylation sites is 1. The molecule has 0 fully saturated rings. The van der Waals surface area contributed by atoms with E-state index in [1.165, 1.54) is 4.80 Å². The number of aryl methyl sites for hydroxylation is 1. The van der Waals surface area contributed by atoms with E-state index in [2.05, 4.69) is 20.5 Å². The summed E-state index contributed by atoms with van der Waals surface area (Å²) in [5.74, 6) is -0.442. The van der Waals surface area contributed by atoms with Crippen molar-refractivity contribution >= 4 is 17.5 Å². The quantitative estimate of drug-likeness (QED) is 0.698. The van der Waals surface area contributed by atoms with Gasteiger partial charge < -0.3 is 5.32 Å². The fourth-order valence-corrected chi connectivity index (χ4v) is 2.71.